The van der Waals surface area contributed by atoms with Crippen LogP contribution < -0.4 is 0 Å². The lowest BCUT2D eigenvalue weighted by molar-refractivity contribution is -0.00512. The average Bonchev–Trinajstić information content (AvgIpc) is 2.57. The molecule has 3 heteroatoms. The minimum Gasteiger partial charge on any atom is -0.389 e. The number of likely N-dealkylation sites (N-methyl/N-ethyl adjacent to an activating group) is 1. The van der Waals surface area contributed by atoms with Crippen molar-refractivity contribution in [1.82, 2.24) is 9.80 Å². The third kappa shape index (κ3) is 2.83. The van der Waals surface area contributed by atoms with Crippen LogP contribution in [0.25, 0.3) is 0 Å². The number of likely N-dealkylation sites (tertiary alicyclic amines) is 1. The molecule has 1 N–H and O–H groups in total. The average molecular weight is 240 g/mol. The molecule has 2 unspecified atom stereocenters. The van der Waals surface area contributed by atoms with Crippen molar-refractivity contribution in [2.75, 3.05) is 26.7 Å². The standard InChI is InChI=1S/C14H28N2O/c1-4-14(17,5-2)11-16-9-8-12-6-7-13(10-16)15(12)3/h12-13,17H,4-11H2,1-3H3. The lowest BCUT2D eigenvalue weighted by Crippen LogP contribution is -2.45. The van der Waals surface area contributed by atoms with Gasteiger partial charge in [0.25, 0.3) is 0 Å². The number of β-amino-alcohol motifs (C(OH)–C–C–N with tert-alkyl or cyclic N) is 1. The van der Waals surface area contributed by atoms with Crippen LogP contribution in [0.4, 0.5) is 0 Å². The fraction of sp³-hybridized carbons (Fsp3) is 1.00. The number of aliphatic hydroxyl groups is 1. The van der Waals surface area contributed by atoms with Crippen molar-refractivity contribution in [2.24, 2.45) is 0 Å². The fourth-order valence-corrected chi connectivity index (χ4v) is 3.41. The van der Waals surface area contributed by atoms with E-state index in [9.17, 15) is 5.11 Å². The Morgan fingerprint density at radius 3 is 2.41 bits per heavy atom. The monoisotopic (exact) mass is 240 g/mol. The molecule has 0 radical (unpaired) electrons. The van der Waals surface area contributed by atoms with Crippen LogP contribution in [-0.2, 0) is 0 Å². The number of hydrogen-bond acceptors (Lipinski definition) is 3. The minimum atomic E-state index is -0.470. The Kier molecular flexibility index (Phi) is 4.11. The predicted octanol–water partition coefficient (Wildman–Crippen LogP) is 1.71. The zero-order valence-corrected chi connectivity index (χ0v) is 11.7. The van der Waals surface area contributed by atoms with E-state index in [4.69, 9.17) is 0 Å². The highest BCUT2D eigenvalue weighted by Gasteiger charge is 2.36. The first-order valence-corrected chi connectivity index (χ1v) is 7.24. The van der Waals surface area contributed by atoms with Crippen molar-refractivity contribution in [3.63, 3.8) is 0 Å². The second kappa shape index (κ2) is 5.25. The molecule has 2 atom stereocenters. The summed E-state index contributed by atoms with van der Waals surface area (Å²) in [6.45, 7) is 7.36. The molecule has 2 bridgehead atoms. The molecule has 2 rings (SSSR count). The van der Waals surface area contributed by atoms with Crippen LogP contribution in [-0.4, -0.2) is 59.3 Å². The van der Waals surface area contributed by atoms with Crippen LogP contribution in [0.2, 0.25) is 0 Å². The molecule has 0 aliphatic carbocycles. The van der Waals surface area contributed by atoms with E-state index in [0.717, 1.165) is 44.6 Å². The molecule has 2 saturated heterocycles. The van der Waals surface area contributed by atoms with E-state index in [2.05, 4.69) is 30.7 Å². The number of rotatable bonds is 4. The zero-order valence-electron chi connectivity index (χ0n) is 11.7. The first-order valence-electron chi connectivity index (χ1n) is 7.24. The van der Waals surface area contributed by atoms with E-state index in [0.29, 0.717) is 0 Å². The maximum atomic E-state index is 10.5. The topological polar surface area (TPSA) is 26.7 Å². The molecule has 0 saturated carbocycles. The molecule has 100 valence electrons. The highest BCUT2D eigenvalue weighted by molar-refractivity contribution is 4.92. The van der Waals surface area contributed by atoms with Crippen LogP contribution in [0.3, 0.4) is 0 Å². The molecule has 0 amide bonds. The SMILES string of the molecule is CCC(O)(CC)CN1CCC2CCC(C1)N2C. The van der Waals surface area contributed by atoms with E-state index >= 15 is 0 Å². The van der Waals surface area contributed by atoms with Gasteiger partial charge >= 0.3 is 0 Å². The molecule has 2 aliphatic heterocycles. The molecule has 2 aliphatic rings. The summed E-state index contributed by atoms with van der Waals surface area (Å²) in [7, 11) is 2.28. The number of nitrogens with zero attached hydrogens (tertiary/aromatic N) is 2. The quantitative estimate of drug-likeness (QED) is 0.810. The highest BCUT2D eigenvalue weighted by Crippen LogP contribution is 2.29. The van der Waals surface area contributed by atoms with Gasteiger partial charge in [0.15, 0.2) is 0 Å². The maximum Gasteiger partial charge on any atom is 0.0768 e. The number of fused-ring (bicyclic) bond motifs is 2. The van der Waals surface area contributed by atoms with Crippen LogP contribution in [0.1, 0.15) is 46.0 Å². The summed E-state index contributed by atoms with van der Waals surface area (Å²) >= 11 is 0. The second-order valence-corrected chi connectivity index (χ2v) is 6.01. The number of hydrogen-bond donors (Lipinski definition) is 1. The van der Waals surface area contributed by atoms with Gasteiger partial charge in [-0.2, -0.15) is 0 Å². The summed E-state index contributed by atoms with van der Waals surface area (Å²) in [5, 5.41) is 10.5. The summed E-state index contributed by atoms with van der Waals surface area (Å²) in [5.41, 5.74) is -0.470. The summed E-state index contributed by atoms with van der Waals surface area (Å²) in [5.74, 6) is 0. The van der Waals surface area contributed by atoms with Crippen LogP contribution in [0, 0.1) is 0 Å². The Balaban J connectivity index is 1.95. The van der Waals surface area contributed by atoms with E-state index in [-0.39, 0.29) is 0 Å². The molecule has 0 aromatic rings. The van der Waals surface area contributed by atoms with E-state index in [1.54, 1.807) is 0 Å². The zero-order chi connectivity index (χ0) is 12.5. The van der Waals surface area contributed by atoms with E-state index in [1.807, 2.05) is 0 Å². The van der Waals surface area contributed by atoms with Crippen molar-refractivity contribution in [3.8, 4) is 0 Å². The Bertz CT molecular complexity index is 253. The summed E-state index contributed by atoms with van der Waals surface area (Å²) in [4.78, 5) is 5.06. The van der Waals surface area contributed by atoms with Crippen LogP contribution >= 0.6 is 0 Å². The first kappa shape index (κ1) is 13.3. The lowest BCUT2D eigenvalue weighted by atomic mass is 9.96. The lowest BCUT2D eigenvalue weighted by Gasteiger charge is -2.34. The normalized spacial score (nSPS) is 31.8. The largest absolute Gasteiger partial charge is 0.389 e. The van der Waals surface area contributed by atoms with Crippen molar-refractivity contribution in [3.05, 3.63) is 0 Å². The molecule has 3 nitrogen and oxygen atoms in total. The predicted molar refractivity (Wildman–Crippen MR) is 71.2 cm³/mol. The molecular weight excluding hydrogens is 212 g/mol. The molecule has 0 spiro atoms. The Morgan fingerprint density at radius 2 is 1.76 bits per heavy atom. The molecule has 17 heavy (non-hydrogen) atoms. The van der Waals surface area contributed by atoms with Crippen molar-refractivity contribution >= 4 is 0 Å². The summed E-state index contributed by atoms with van der Waals surface area (Å²) < 4.78 is 0. The maximum absolute atomic E-state index is 10.5. The van der Waals surface area contributed by atoms with Crippen LogP contribution in [0.5, 0.6) is 0 Å². The molecule has 0 aromatic carbocycles. The molecule has 2 fully saturated rings. The van der Waals surface area contributed by atoms with Gasteiger partial charge in [0.1, 0.15) is 0 Å². The third-order valence-electron chi connectivity index (χ3n) is 5.07. The van der Waals surface area contributed by atoms with Gasteiger partial charge in [-0.1, -0.05) is 13.8 Å². The smallest absolute Gasteiger partial charge is 0.0768 e. The Labute approximate surface area is 106 Å². The van der Waals surface area contributed by atoms with Gasteiger partial charge in [-0.15, -0.1) is 0 Å². The van der Waals surface area contributed by atoms with Crippen molar-refractivity contribution in [2.45, 2.75) is 63.6 Å². The van der Waals surface area contributed by atoms with Crippen LogP contribution in [0.15, 0.2) is 0 Å². The van der Waals surface area contributed by atoms with Gasteiger partial charge < -0.3 is 5.11 Å². The fourth-order valence-electron chi connectivity index (χ4n) is 3.41. The highest BCUT2D eigenvalue weighted by atomic mass is 16.3. The van der Waals surface area contributed by atoms with Gasteiger partial charge in [0, 0.05) is 25.2 Å². The first-order chi connectivity index (χ1) is 8.08. The Morgan fingerprint density at radius 1 is 1.12 bits per heavy atom. The Hall–Kier alpha value is -0.120. The third-order valence-corrected chi connectivity index (χ3v) is 5.07. The van der Waals surface area contributed by atoms with Crippen molar-refractivity contribution < 1.29 is 5.11 Å². The van der Waals surface area contributed by atoms with E-state index < -0.39 is 5.60 Å². The van der Waals surface area contributed by atoms with Gasteiger partial charge in [-0.3, -0.25) is 9.80 Å². The van der Waals surface area contributed by atoms with E-state index in [1.165, 1.54) is 19.3 Å². The van der Waals surface area contributed by atoms with Crippen molar-refractivity contribution in [1.29, 1.82) is 0 Å². The minimum absolute atomic E-state index is 0.470. The van der Waals surface area contributed by atoms with Gasteiger partial charge in [0.05, 0.1) is 5.60 Å². The summed E-state index contributed by atoms with van der Waals surface area (Å²) in [6, 6.07) is 1.52. The molecule has 2 heterocycles. The molecular formula is C14H28N2O. The van der Waals surface area contributed by atoms with Gasteiger partial charge in [-0.05, 0) is 45.7 Å². The van der Waals surface area contributed by atoms with Gasteiger partial charge in [-0.25, -0.2) is 0 Å². The van der Waals surface area contributed by atoms with Gasteiger partial charge in [0.2, 0.25) is 0 Å². The summed E-state index contributed by atoms with van der Waals surface area (Å²) in [6.07, 6.45) is 5.72. The second-order valence-electron chi connectivity index (χ2n) is 6.01. The molecule has 0 aromatic heterocycles.